The predicted octanol–water partition coefficient (Wildman–Crippen LogP) is 5.49. The molecule has 156 valence electrons. The Bertz CT molecular complexity index is 438. The maximum absolute atomic E-state index is 8.30. The molecule has 3 heterocycles. The molecular formula is C21H40ClN4P. The number of halogens is 1. The Morgan fingerprint density at radius 1 is 0.630 bits per heavy atom. The van der Waals surface area contributed by atoms with Gasteiger partial charge >= 0.3 is 172 Å². The fourth-order valence-electron chi connectivity index (χ4n) is 5.39. The van der Waals surface area contributed by atoms with Crippen LogP contribution in [0.3, 0.4) is 0 Å². The predicted molar refractivity (Wildman–Crippen MR) is 121 cm³/mol. The third kappa shape index (κ3) is 3.91. The number of piperidine rings is 3. The molecule has 6 heteroatoms. The Kier molecular flexibility index (Phi) is 7.81. The zero-order valence-electron chi connectivity index (χ0n) is 17.2. The molecule has 0 saturated carbocycles. The van der Waals surface area contributed by atoms with Gasteiger partial charge in [0.25, 0.3) is 0 Å². The first-order valence-electron chi connectivity index (χ1n) is 11.1. The van der Waals surface area contributed by atoms with Crippen molar-refractivity contribution in [3.05, 3.63) is 25.3 Å². The van der Waals surface area contributed by atoms with Crippen LogP contribution in [0.5, 0.6) is 0 Å². The van der Waals surface area contributed by atoms with E-state index in [1.165, 1.54) is 57.8 Å². The molecule has 0 atom stereocenters. The van der Waals surface area contributed by atoms with Crippen molar-refractivity contribution in [2.75, 3.05) is 52.4 Å². The summed E-state index contributed by atoms with van der Waals surface area (Å²) in [4.78, 5) is 0. The van der Waals surface area contributed by atoms with Gasteiger partial charge in [-0.25, -0.2) is 0 Å². The van der Waals surface area contributed by atoms with Crippen LogP contribution in [-0.2, 0) is 0 Å². The van der Waals surface area contributed by atoms with Crippen molar-refractivity contribution in [2.45, 2.75) is 57.8 Å². The Labute approximate surface area is 172 Å². The molecule has 0 unspecified atom stereocenters. The van der Waals surface area contributed by atoms with Crippen LogP contribution in [0.15, 0.2) is 25.3 Å². The molecule has 0 aromatic rings. The standard InChI is InChI=1S/C21H40ClN4P/c1-3-14-23(15-4-2)27(22,24-16-8-5-9-17-24,25-18-10-6-11-19-25)26-20-12-7-13-21-26/h3-4H,1-2,5-21H2. The van der Waals surface area contributed by atoms with E-state index in [9.17, 15) is 0 Å². The van der Waals surface area contributed by atoms with Gasteiger partial charge in [0.15, 0.2) is 0 Å². The minimum absolute atomic E-state index is 0.830. The molecule has 3 rings (SSSR count). The topological polar surface area (TPSA) is 13.0 Å². The van der Waals surface area contributed by atoms with Crippen molar-refractivity contribution >= 4 is 17.8 Å². The molecule has 0 aliphatic carbocycles. The minimum atomic E-state index is -3.12. The molecule has 3 fully saturated rings. The molecule has 0 aromatic carbocycles. The van der Waals surface area contributed by atoms with Crippen LogP contribution in [-0.4, -0.2) is 71.0 Å². The van der Waals surface area contributed by atoms with Crippen molar-refractivity contribution in [2.24, 2.45) is 0 Å². The quantitative estimate of drug-likeness (QED) is 0.384. The van der Waals surface area contributed by atoms with Gasteiger partial charge in [0, 0.05) is 0 Å². The molecule has 0 spiro atoms. The van der Waals surface area contributed by atoms with Crippen LogP contribution in [0.25, 0.3) is 0 Å². The zero-order valence-corrected chi connectivity index (χ0v) is 18.9. The van der Waals surface area contributed by atoms with Crippen LogP contribution >= 0.6 is 17.8 Å². The molecule has 4 nitrogen and oxygen atoms in total. The van der Waals surface area contributed by atoms with Gasteiger partial charge < -0.3 is 0 Å². The number of hydrogen-bond donors (Lipinski definition) is 0. The first kappa shape index (κ1) is 21.7. The van der Waals surface area contributed by atoms with Crippen LogP contribution in [0.4, 0.5) is 0 Å². The molecule has 27 heavy (non-hydrogen) atoms. The summed E-state index contributed by atoms with van der Waals surface area (Å²) in [6.07, 6.45) is 15.7. The van der Waals surface area contributed by atoms with E-state index in [-0.39, 0.29) is 0 Å². The summed E-state index contributed by atoms with van der Waals surface area (Å²) in [7, 11) is 0. The number of nitrogens with zero attached hydrogens (tertiary/aromatic N) is 4. The second kappa shape index (κ2) is 9.69. The molecule has 3 aliphatic rings. The first-order valence-corrected chi connectivity index (χ1v) is 14.1. The molecule has 0 bridgehead atoms. The fourth-order valence-corrected chi connectivity index (χ4v) is 13.0. The van der Waals surface area contributed by atoms with E-state index in [0.29, 0.717) is 0 Å². The SMILES string of the molecule is C=CCN(CC=C)P(Cl)(N1CCCCC1)(N1CCCCC1)N1CCCCC1. The van der Waals surface area contributed by atoms with E-state index < -0.39 is 6.56 Å². The Hall–Kier alpha value is 0.0400. The third-order valence-electron chi connectivity index (χ3n) is 6.62. The van der Waals surface area contributed by atoms with Crippen molar-refractivity contribution in [3.8, 4) is 0 Å². The second-order valence-corrected chi connectivity index (χ2v) is 14.1. The summed E-state index contributed by atoms with van der Waals surface area (Å²) in [6, 6.07) is 0. The van der Waals surface area contributed by atoms with E-state index in [4.69, 9.17) is 11.2 Å². The average Bonchev–Trinajstić information content (AvgIpc) is 2.75. The Morgan fingerprint density at radius 2 is 0.926 bits per heavy atom. The van der Waals surface area contributed by atoms with Crippen LogP contribution in [0.2, 0.25) is 0 Å². The van der Waals surface area contributed by atoms with Gasteiger partial charge in [0.1, 0.15) is 0 Å². The van der Waals surface area contributed by atoms with Gasteiger partial charge in [-0.1, -0.05) is 0 Å². The monoisotopic (exact) mass is 414 g/mol. The zero-order chi connectivity index (χ0) is 19.2. The van der Waals surface area contributed by atoms with Gasteiger partial charge in [-0.3, -0.25) is 0 Å². The van der Waals surface area contributed by atoms with E-state index in [2.05, 4.69) is 31.8 Å². The summed E-state index contributed by atoms with van der Waals surface area (Å²) >= 11 is 8.30. The van der Waals surface area contributed by atoms with Gasteiger partial charge in [0.05, 0.1) is 0 Å². The molecule has 0 aromatic heterocycles. The summed E-state index contributed by atoms with van der Waals surface area (Å²) < 4.78 is 10.8. The van der Waals surface area contributed by atoms with Gasteiger partial charge in [-0.05, 0) is 0 Å². The number of hydrogen-bond acceptors (Lipinski definition) is 4. The molecule has 0 N–H and O–H groups in total. The van der Waals surface area contributed by atoms with Crippen molar-refractivity contribution in [3.63, 3.8) is 0 Å². The second-order valence-electron chi connectivity index (χ2n) is 8.33. The van der Waals surface area contributed by atoms with Gasteiger partial charge in [0.2, 0.25) is 0 Å². The van der Waals surface area contributed by atoms with Crippen LogP contribution in [0, 0.1) is 0 Å². The fraction of sp³-hybridized carbons (Fsp3) is 0.810. The van der Waals surface area contributed by atoms with Crippen molar-refractivity contribution in [1.82, 2.24) is 18.7 Å². The van der Waals surface area contributed by atoms with Gasteiger partial charge in [-0.2, -0.15) is 0 Å². The summed E-state index contributed by atoms with van der Waals surface area (Å²) in [5.74, 6) is 0. The summed E-state index contributed by atoms with van der Waals surface area (Å²) in [6.45, 7) is 13.5. The normalized spacial score (nSPS) is 25.8. The van der Waals surface area contributed by atoms with Gasteiger partial charge in [-0.15, -0.1) is 0 Å². The Morgan fingerprint density at radius 3 is 1.19 bits per heavy atom. The van der Waals surface area contributed by atoms with E-state index >= 15 is 0 Å². The maximum atomic E-state index is 8.30. The van der Waals surface area contributed by atoms with Crippen molar-refractivity contribution in [1.29, 1.82) is 0 Å². The number of rotatable bonds is 8. The average molecular weight is 415 g/mol. The summed E-state index contributed by atoms with van der Waals surface area (Å²) in [5, 5.41) is 0. The van der Waals surface area contributed by atoms with E-state index in [1.807, 2.05) is 12.2 Å². The van der Waals surface area contributed by atoms with Crippen molar-refractivity contribution < 1.29 is 0 Å². The molecular weight excluding hydrogens is 375 g/mol. The van der Waals surface area contributed by atoms with Crippen LogP contribution in [0.1, 0.15) is 57.8 Å². The first-order chi connectivity index (χ1) is 13.2. The Balaban J connectivity index is 2.14. The molecule has 3 aliphatic heterocycles. The van der Waals surface area contributed by atoms with E-state index in [0.717, 1.165) is 52.4 Å². The third-order valence-corrected chi connectivity index (χ3v) is 14.6. The van der Waals surface area contributed by atoms with Crippen LogP contribution < -0.4 is 0 Å². The molecule has 3 saturated heterocycles. The van der Waals surface area contributed by atoms with E-state index in [1.54, 1.807) is 0 Å². The molecule has 0 radical (unpaired) electrons. The molecule has 0 amide bonds. The summed E-state index contributed by atoms with van der Waals surface area (Å²) in [5.41, 5.74) is 0.